The van der Waals surface area contributed by atoms with Crippen LogP contribution in [0.5, 0.6) is 0 Å². The van der Waals surface area contributed by atoms with Crippen molar-refractivity contribution in [3.8, 4) is 0 Å². The summed E-state index contributed by atoms with van der Waals surface area (Å²) in [6.07, 6.45) is 5.39. The Bertz CT molecular complexity index is 859. The van der Waals surface area contributed by atoms with Crippen LogP contribution in [0.25, 0.3) is 0 Å². The van der Waals surface area contributed by atoms with Crippen molar-refractivity contribution in [3.63, 3.8) is 0 Å². The minimum Gasteiger partial charge on any atom is -0.344 e. The van der Waals surface area contributed by atoms with E-state index in [0.717, 1.165) is 42.4 Å². The van der Waals surface area contributed by atoms with E-state index in [1.54, 1.807) is 0 Å². The van der Waals surface area contributed by atoms with E-state index in [9.17, 15) is 14.4 Å². The first kappa shape index (κ1) is 17.6. The molecule has 4 rings (SSSR count). The van der Waals surface area contributed by atoms with Gasteiger partial charge >= 0.3 is 0 Å². The van der Waals surface area contributed by atoms with Gasteiger partial charge in [0.15, 0.2) is 0 Å². The number of hydrogen-bond donors (Lipinski definition) is 2. The molecule has 1 saturated heterocycles. The Kier molecular flexibility index (Phi) is 4.83. The lowest BCUT2D eigenvalue weighted by Crippen LogP contribution is -2.37. The molecule has 1 aromatic rings. The molecule has 27 heavy (non-hydrogen) atoms. The smallest absolute Gasteiger partial charge is 0.291 e. The summed E-state index contributed by atoms with van der Waals surface area (Å²) in [7, 11) is 0. The van der Waals surface area contributed by atoms with Crippen LogP contribution in [0.15, 0.2) is 45.6 Å². The van der Waals surface area contributed by atoms with E-state index in [1.807, 2.05) is 24.3 Å². The summed E-state index contributed by atoms with van der Waals surface area (Å²) in [6.45, 7) is 0. The summed E-state index contributed by atoms with van der Waals surface area (Å²) < 4.78 is 0. The van der Waals surface area contributed by atoms with Gasteiger partial charge in [0.25, 0.3) is 5.91 Å². The molecule has 0 saturated carbocycles. The molecule has 1 fully saturated rings. The van der Waals surface area contributed by atoms with Gasteiger partial charge < -0.3 is 10.6 Å². The van der Waals surface area contributed by atoms with Crippen molar-refractivity contribution in [1.82, 2.24) is 5.32 Å². The molecular formula is C20H22N4O3. The quantitative estimate of drug-likeness (QED) is 0.857. The first-order valence-electron chi connectivity index (χ1n) is 9.46. The minimum atomic E-state index is -0.464. The second-order valence-electron chi connectivity index (χ2n) is 7.30. The van der Waals surface area contributed by atoms with E-state index in [-0.39, 0.29) is 23.8 Å². The van der Waals surface area contributed by atoms with Crippen molar-refractivity contribution in [2.45, 2.75) is 57.0 Å². The van der Waals surface area contributed by atoms with Crippen LogP contribution in [0, 0.1) is 0 Å². The SMILES string of the molecule is O=C1CC[C@H](C(=O)Nc2cccc(CC3N=NC(=O)C4=C3CCCC4)c2)N1. The van der Waals surface area contributed by atoms with Crippen LogP contribution in [0.1, 0.15) is 44.1 Å². The van der Waals surface area contributed by atoms with E-state index in [4.69, 9.17) is 0 Å². The van der Waals surface area contributed by atoms with Gasteiger partial charge in [-0.25, -0.2) is 0 Å². The molecular weight excluding hydrogens is 344 g/mol. The Labute approximate surface area is 157 Å². The van der Waals surface area contributed by atoms with E-state index >= 15 is 0 Å². The average Bonchev–Trinajstić information content (AvgIpc) is 3.11. The number of hydrogen-bond acceptors (Lipinski definition) is 4. The Hall–Kier alpha value is -2.83. The van der Waals surface area contributed by atoms with Crippen LogP contribution >= 0.6 is 0 Å². The van der Waals surface area contributed by atoms with Crippen molar-refractivity contribution in [1.29, 1.82) is 0 Å². The highest BCUT2D eigenvalue weighted by Gasteiger charge is 2.29. The predicted molar refractivity (Wildman–Crippen MR) is 99.1 cm³/mol. The lowest BCUT2D eigenvalue weighted by molar-refractivity contribution is -0.122. The highest BCUT2D eigenvalue weighted by atomic mass is 16.2. The van der Waals surface area contributed by atoms with E-state index < -0.39 is 6.04 Å². The van der Waals surface area contributed by atoms with E-state index in [1.165, 1.54) is 0 Å². The van der Waals surface area contributed by atoms with Crippen LogP contribution in [-0.2, 0) is 20.8 Å². The summed E-state index contributed by atoms with van der Waals surface area (Å²) in [5.74, 6) is -0.462. The third-order valence-electron chi connectivity index (χ3n) is 5.39. The molecule has 2 aliphatic heterocycles. The molecule has 3 amide bonds. The van der Waals surface area contributed by atoms with Crippen LogP contribution < -0.4 is 10.6 Å². The second-order valence-corrected chi connectivity index (χ2v) is 7.30. The van der Waals surface area contributed by atoms with Crippen LogP contribution in [-0.4, -0.2) is 29.8 Å². The first-order valence-corrected chi connectivity index (χ1v) is 9.46. The summed E-state index contributed by atoms with van der Waals surface area (Å²) in [5, 5.41) is 13.6. The zero-order valence-corrected chi connectivity index (χ0v) is 15.0. The molecule has 7 nitrogen and oxygen atoms in total. The van der Waals surface area contributed by atoms with Gasteiger partial charge in [-0.3, -0.25) is 14.4 Å². The van der Waals surface area contributed by atoms with Gasteiger partial charge in [-0.05, 0) is 55.4 Å². The van der Waals surface area contributed by atoms with Gasteiger partial charge in [0.2, 0.25) is 11.8 Å². The van der Waals surface area contributed by atoms with E-state index in [2.05, 4.69) is 20.9 Å². The molecule has 2 heterocycles. The maximum Gasteiger partial charge on any atom is 0.291 e. The lowest BCUT2D eigenvalue weighted by atomic mass is 9.84. The number of azo groups is 1. The molecule has 1 aromatic carbocycles. The monoisotopic (exact) mass is 366 g/mol. The van der Waals surface area contributed by atoms with Crippen LogP contribution in [0.2, 0.25) is 0 Å². The highest BCUT2D eigenvalue weighted by molar-refractivity contribution is 5.99. The van der Waals surface area contributed by atoms with Crippen LogP contribution in [0.3, 0.4) is 0 Å². The predicted octanol–water partition coefficient (Wildman–Crippen LogP) is 2.68. The zero-order chi connectivity index (χ0) is 18.8. The van der Waals surface area contributed by atoms with Gasteiger partial charge in [-0.15, -0.1) is 5.11 Å². The van der Waals surface area contributed by atoms with Crippen molar-refractivity contribution < 1.29 is 14.4 Å². The average molecular weight is 366 g/mol. The number of anilines is 1. The van der Waals surface area contributed by atoms with Gasteiger partial charge in [0, 0.05) is 24.1 Å². The fourth-order valence-electron chi connectivity index (χ4n) is 4.00. The van der Waals surface area contributed by atoms with Crippen molar-refractivity contribution in [3.05, 3.63) is 41.0 Å². The molecule has 0 radical (unpaired) electrons. The normalized spacial score (nSPS) is 24.6. The molecule has 0 bridgehead atoms. The molecule has 140 valence electrons. The van der Waals surface area contributed by atoms with Crippen molar-refractivity contribution in [2.24, 2.45) is 10.2 Å². The fourth-order valence-corrected chi connectivity index (χ4v) is 4.00. The second kappa shape index (κ2) is 7.42. The maximum absolute atomic E-state index is 12.3. The summed E-state index contributed by atoms with van der Waals surface area (Å²) in [4.78, 5) is 35.5. The van der Waals surface area contributed by atoms with Gasteiger partial charge in [0.1, 0.15) is 6.04 Å². The highest BCUT2D eigenvalue weighted by Crippen LogP contribution is 2.33. The topological polar surface area (TPSA) is 100.0 Å². The molecule has 1 aliphatic carbocycles. The molecule has 1 unspecified atom stereocenters. The molecule has 3 aliphatic rings. The minimum absolute atomic E-state index is 0.0855. The summed E-state index contributed by atoms with van der Waals surface area (Å²) in [5.41, 5.74) is 3.70. The Balaban J connectivity index is 1.46. The Morgan fingerprint density at radius 2 is 2.04 bits per heavy atom. The number of carbonyl (C=O) groups is 3. The molecule has 2 atom stereocenters. The van der Waals surface area contributed by atoms with Crippen molar-refractivity contribution in [2.75, 3.05) is 5.32 Å². The van der Waals surface area contributed by atoms with Gasteiger partial charge in [-0.2, -0.15) is 5.11 Å². The third-order valence-corrected chi connectivity index (χ3v) is 5.39. The largest absolute Gasteiger partial charge is 0.344 e. The Morgan fingerprint density at radius 1 is 1.19 bits per heavy atom. The van der Waals surface area contributed by atoms with Gasteiger partial charge in [0.05, 0.1) is 6.04 Å². The van der Waals surface area contributed by atoms with Crippen LogP contribution in [0.4, 0.5) is 5.69 Å². The first-order chi connectivity index (χ1) is 13.1. The number of carbonyl (C=O) groups excluding carboxylic acids is 3. The fraction of sp³-hybridized carbons (Fsp3) is 0.450. The zero-order valence-electron chi connectivity index (χ0n) is 15.0. The number of nitrogens with zero attached hydrogens (tertiary/aromatic N) is 2. The number of nitrogens with one attached hydrogen (secondary N) is 2. The molecule has 0 aromatic heterocycles. The number of amides is 3. The summed E-state index contributed by atoms with van der Waals surface area (Å²) >= 11 is 0. The summed E-state index contributed by atoms with van der Waals surface area (Å²) in [6, 6.07) is 7.06. The standard InChI is InChI=1S/C20H22N4O3/c25-18-9-8-16(22-18)20(27)21-13-5-3-4-12(10-13)11-17-14-6-1-2-7-15(14)19(26)24-23-17/h3-5,10,16-17H,1-2,6-9,11H2,(H,21,27)(H,22,25)/t16-,17?/m1/s1. The number of benzene rings is 1. The van der Waals surface area contributed by atoms with E-state index in [0.29, 0.717) is 24.9 Å². The lowest BCUT2D eigenvalue weighted by Gasteiger charge is -2.25. The third kappa shape index (κ3) is 3.82. The molecule has 7 heteroatoms. The number of rotatable bonds is 4. The van der Waals surface area contributed by atoms with Crippen molar-refractivity contribution >= 4 is 23.4 Å². The Morgan fingerprint density at radius 3 is 2.85 bits per heavy atom. The molecule has 2 N–H and O–H groups in total. The molecule has 0 spiro atoms. The maximum atomic E-state index is 12.3. The van der Waals surface area contributed by atoms with Gasteiger partial charge in [-0.1, -0.05) is 12.1 Å².